The maximum absolute atomic E-state index is 5.36. The van der Waals surface area contributed by atoms with Crippen molar-refractivity contribution in [1.29, 1.82) is 0 Å². The molecule has 0 amide bonds. The van der Waals surface area contributed by atoms with E-state index in [1.54, 1.807) is 6.26 Å². The molecule has 0 radical (unpaired) electrons. The summed E-state index contributed by atoms with van der Waals surface area (Å²) in [6, 6.07) is 3.85. The summed E-state index contributed by atoms with van der Waals surface area (Å²) < 4.78 is 10.6. The highest BCUT2D eigenvalue weighted by Gasteiger charge is 2.25. The molecule has 1 aromatic rings. The molecule has 0 saturated carbocycles. The third-order valence-corrected chi connectivity index (χ3v) is 3.07. The number of ether oxygens (including phenoxy) is 1. The van der Waals surface area contributed by atoms with E-state index in [4.69, 9.17) is 9.15 Å². The minimum absolute atomic E-state index is 0.228. The fourth-order valence-corrected chi connectivity index (χ4v) is 1.87. The first-order chi connectivity index (χ1) is 7.79. The highest BCUT2D eigenvalue weighted by atomic mass is 16.5. The number of hydrogen-bond donors (Lipinski definition) is 1. The molecular formula is C13H19NO2. The Labute approximate surface area is 96.5 Å². The molecule has 0 bridgehead atoms. The lowest BCUT2D eigenvalue weighted by Gasteiger charge is -2.34. The zero-order chi connectivity index (χ0) is 11.3. The van der Waals surface area contributed by atoms with E-state index in [0.29, 0.717) is 0 Å². The van der Waals surface area contributed by atoms with Gasteiger partial charge in [0.2, 0.25) is 0 Å². The van der Waals surface area contributed by atoms with E-state index in [0.717, 1.165) is 38.4 Å². The van der Waals surface area contributed by atoms with Crippen LogP contribution in [0.5, 0.6) is 0 Å². The minimum atomic E-state index is 0.228. The molecule has 2 rings (SSSR count). The van der Waals surface area contributed by atoms with Crippen molar-refractivity contribution < 1.29 is 9.15 Å². The predicted octanol–water partition coefficient (Wildman–Crippen LogP) is 2.45. The Hall–Kier alpha value is -1.06. The van der Waals surface area contributed by atoms with E-state index < -0.39 is 0 Å². The Kier molecular flexibility index (Phi) is 3.80. The Morgan fingerprint density at radius 3 is 2.94 bits per heavy atom. The summed E-state index contributed by atoms with van der Waals surface area (Å²) >= 11 is 0. The van der Waals surface area contributed by atoms with Gasteiger partial charge in [0, 0.05) is 25.3 Å². The quantitative estimate of drug-likeness (QED) is 0.848. The molecule has 0 aliphatic carbocycles. The first kappa shape index (κ1) is 11.4. The molecule has 0 aromatic carbocycles. The van der Waals surface area contributed by atoms with Gasteiger partial charge in [-0.05, 0) is 38.0 Å². The lowest BCUT2D eigenvalue weighted by molar-refractivity contribution is 0.0467. The smallest absolute Gasteiger partial charge is 0.126 e. The third kappa shape index (κ3) is 3.22. The summed E-state index contributed by atoms with van der Waals surface area (Å²) in [4.78, 5) is 0. The summed E-state index contributed by atoms with van der Waals surface area (Å²) in [5.74, 6) is 0.902. The maximum atomic E-state index is 5.36. The van der Waals surface area contributed by atoms with Crippen molar-refractivity contribution in [2.24, 2.45) is 0 Å². The monoisotopic (exact) mass is 221 g/mol. The van der Waals surface area contributed by atoms with E-state index in [1.807, 2.05) is 18.2 Å². The molecule has 1 aliphatic rings. The molecule has 3 nitrogen and oxygen atoms in total. The van der Waals surface area contributed by atoms with Gasteiger partial charge in [-0.3, -0.25) is 0 Å². The molecule has 1 saturated heterocycles. The molecular weight excluding hydrogens is 202 g/mol. The molecule has 0 spiro atoms. The molecule has 2 heterocycles. The largest absolute Gasteiger partial charge is 0.465 e. The third-order valence-electron chi connectivity index (χ3n) is 3.07. The first-order valence-electron chi connectivity index (χ1n) is 5.81. The average Bonchev–Trinajstić information content (AvgIpc) is 2.78. The van der Waals surface area contributed by atoms with Gasteiger partial charge in [-0.15, -0.1) is 0 Å². The lowest BCUT2D eigenvalue weighted by Crippen LogP contribution is -2.46. The van der Waals surface area contributed by atoms with Crippen molar-refractivity contribution in [3.8, 4) is 0 Å². The van der Waals surface area contributed by atoms with Crippen molar-refractivity contribution in [1.82, 2.24) is 5.32 Å². The van der Waals surface area contributed by atoms with Gasteiger partial charge in [-0.25, -0.2) is 0 Å². The van der Waals surface area contributed by atoms with Crippen LogP contribution in [0.1, 0.15) is 25.5 Å². The second kappa shape index (κ2) is 5.32. The second-order valence-corrected chi connectivity index (χ2v) is 4.47. The molecule has 1 N–H and O–H groups in total. The molecule has 0 atom stereocenters. The standard InChI is InChI=1S/C13H19NO2/c1-13(6-10-15-11-7-13)14-8-2-4-12-5-3-9-16-12/h2-5,9,14H,6-8,10-11H2,1H3/b4-2+. The average molecular weight is 221 g/mol. The van der Waals surface area contributed by atoms with E-state index in [2.05, 4.69) is 18.3 Å². The van der Waals surface area contributed by atoms with Gasteiger partial charge in [-0.1, -0.05) is 6.08 Å². The molecule has 0 unspecified atom stereocenters. The topological polar surface area (TPSA) is 34.4 Å². The summed E-state index contributed by atoms with van der Waals surface area (Å²) in [6.45, 7) is 4.87. The van der Waals surface area contributed by atoms with Crippen LogP contribution in [0.2, 0.25) is 0 Å². The zero-order valence-electron chi connectivity index (χ0n) is 9.74. The van der Waals surface area contributed by atoms with Gasteiger partial charge in [-0.2, -0.15) is 0 Å². The summed E-state index contributed by atoms with van der Waals surface area (Å²) in [6.07, 6.45) is 7.95. The molecule has 3 heteroatoms. The van der Waals surface area contributed by atoms with E-state index in [1.165, 1.54) is 0 Å². The summed E-state index contributed by atoms with van der Waals surface area (Å²) in [7, 11) is 0. The van der Waals surface area contributed by atoms with Crippen molar-refractivity contribution in [3.63, 3.8) is 0 Å². The number of rotatable bonds is 4. The van der Waals surface area contributed by atoms with Crippen molar-refractivity contribution in [2.45, 2.75) is 25.3 Å². The van der Waals surface area contributed by atoms with E-state index in [9.17, 15) is 0 Å². The van der Waals surface area contributed by atoms with Crippen LogP contribution in [0.25, 0.3) is 6.08 Å². The van der Waals surface area contributed by atoms with Crippen LogP contribution in [0.4, 0.5) is 0 Å². The molecule has 88 valence electrons. The maximum Gasteiger partial charge on any atom is 0.126 e. The van der Waals surface area contributed by atoms with Gasteiger partial charge in [0.05, 0.1) is 6.26 Å². The Bertz CT molecular complexity index is 324. The van der Waals surface area contributed by atoms with Crippen LogP contribution in [-0.2, 0) is 4.74 Å². The normalized spacial score (nSPS) is 20.3. The van der Waals surface area contributed by atoms with Crippen LogP contribution in [0.15, 0.2) is 28.9 Å². The van der Waals surface area contributed by atoms with E-state index in [-0.39, 0.29) is 5.54 Å². The van der Waals surface area contributed by atoms with Crippen LogP contribution in [0.3, 0.4) is 0 Å². The molecule has 16 heavy (non-hydrogen) atoms. The van der Waals surface area contributed by atoms with Gasteiger partial charge in [0.1, 0.15) is 5.76 Å². The first-order valence-corrected chi connectivity index (χ1v) is 5.81. The highest BCUT2D eigenvalue weighted by molar-refractivity contribution is 5.42. The van der Waals surface area contributed by atoms with Gasteiger partial charge < -0.3 is 14.5 Å². The number of furan rings is 1. The Morgan fingerprint density at radius 2 is 2.25 bits per heavy atom. The van der Waals surface area contributed by atoms with Gasteiger partial charge in [0.15, 0.2) is 0 Å². The van der Waals surface area contributed by atoms with Crippen LogP contribution in [-0.4, -0.2) is 25.3 Å². The minimum Gasteiger partial charge on any atom is -0.465 e. The lowest BCUT2D eigenvalue weighted by atomic mass is 9.92. The van der Waals surface area contributed by atoms with Gasteiger partial charge in [0.25, 0.3) is 0 Å². The van der Waals surface area contributed by atoms with Crippen molar-refractivity contribution in [2.75, 3.05) is 19.8 Å². The summed E-state index contributed by atoms with van der Waals surface area (Å²) in [5.41, 5.74) is 0.228. The fraction of sp³-hybridized carbons (Fsp3) is 0.538. The number of nitrogens with one attached hydrogen (secondary N) is 1. The molecule has 1 aliphatic heterocycles. The van der Waals surface area contributed by atoms with Crippen LogP contribution in [0, 0.1) is 0 Å². The highest BCUT2D eigenvalue weighted by Crippen LogP contribution is 2.19. The second-order valence-electron chi connectivity index (χ2n) is 4.47. The Morgan fingerprint density at radius 1 is 1.44 bits per heavy atom. The molecule has 1 fully saturated rings. The summed E-state index contributed by atoms with van der Waals surface area (Å²) in [5, 5.41) is 3.55. The zero-order valence-corrected chi connectivity index (χ0v) is 9.74. The van der Waals surface area contributed by atoms with Gasteiger partial charge >= 0.3 is 0 Å². The SMILES string of the molecule is CC1(NC/C=C/c2ccco2)CCOCC1. The van der Waals surface area contributed by atoms with Crippen LogP contribution >= 0.6 is 0 Å². The van der Waals surface area contributed by atoms with Crippen LogP contribution < -0.4 is 5.32 Å². The van der Waals surface area contributed by atoms with E-state index >= 15 is 0 Å². The Balaban J connectivity index is 1.74. The fourth-order valence-electron chi connectivity index (χ4n) is 1.87. The van der Waals surface area contributed by atoms with Crippen molar-refractivity contribution in [3.05, 3.63) is 30.2 Å². The van der Waals surface area contributed by atoms with Crippen molar-refractivity contribution >= 4 is 6.08 Å². The number of hydrogen-bond acceptors (Lipinski definition) is 3. The molecule has 1 aromatic heterocycles. The predicted molar refractivity (Wildman–Crippen MR) is 64.2 cm³/mol.